The number of hydrogen-bond donors (Lipinski definition) is 2. The first-order chi connectivity index (χ1) is 4.56. The summed E-state index contributed by atoms with van der Waals surface area (Å²) in [6.45, 7) is -0.176. The Morgan fingerprint density at radius 3 is 2.60 bits per heavy atom. The predicted molar refractivity (Wildman–Crippen MR) is 32.9 cm³/mol. The average molecular weight is 170 g/mol. The van der Waals surface area contributed by atoms with E-state index < -0.39 is 7.82 Å². The Labute approximate surface area is 57.6 Å². The molecule has 0 fully saturated rings. The van der Waals surface area contributed by atoms with Gasteiger partial charge in [0.1, 0.15) is 0 Å². The molecule has 0 heterocycles. The maximum absolute atomic E-state index is 11.2. The van der Waals surface area contributed by atoms with Crippen molar-refractivity contribution in [3.05, 3.63) is 12.4 Å². The van der Waals surface area contributed by atoms with Crippen LogP contribution in [0.15, 0.2) is 12.4 Å². The van der Waals surface area contributed by atoms with E-state index in [0.29, 0.717) is 6.33 Å². The number of rotatable bonds is 4. The molecule has 0 saturated carbocycles. The lowest BCUT2D eigenvalue weighted by Crippen LogP contribution is -1.89. The third kappa shape index (κ3) is 7.78. The largest absolute Gasteiger partial charge is 0.469 e. The van der Waals surface area contributed by atoms with Crippen LogP contribution in [0.2, 0.25) is 0 Å². The predicted octanol–water partition coefficient (Wildman–Crippen LogP) is 0.969. The fourth-order valence-electron chi connectivity index (χ4n) is 0.303. The first-order valence-corrected chi connectivity index (χ1v) is 4.04. The van der Waals surface area contributed by atoms with Crippen molar-refractivity contribution in [2.45, 2.75) is 6.42 Å². The molecule has 0 aliphatic heterocycles. The zero-order valence-corrected chi connectivity index (χ0v) is 6.00. The van der Waals surface area contributed by atoms with Gasteiger partial charge < -0.3 is 9.79 Å². The molecule has 0 unspecified atom stereocenters. The topological polar surface area (TPSA) is 66.8 Å². The average Bonchev–Trinajstić information content (AvgIpc) is 1.78. The third-order valence-electron chi connectivity index (χ3n) is 0.633. The van der Waals surface area contributed by atoms with Gasteiger partial charge in [0.2, 0.25) is 0 Å². The summed E-state index contributed by atoms with van der Waals surface area (Å²) in [6.07, 6.45) is 1.56. The fourth-order valence-corrected chi connectivity index (χ4v) is 0.646. The summed E-state index contributed by atoms with van der Waals surface area (Å²) < 4.78 is 25.1. The third-order valence-corrected chi connectivity index (χ3v) is 1.15. The SMILES string of the molecule is O=P(O)(O)OCCC=CF. The summed E-state index contributed by atoms with van der Waals surface area (Å²) in [5, 5.41) is 0. The van der Waals surface area contributed by atoms with Crippen molar-refractivity contribution in [3.8, 4) is 0 Å². The van der Waals surface area contributed by atoms with Crippen LogP contribution in [0.5, 0.6) is 0 Å². The maximum Gasteiger partial charge on any atom is 0.469 e. The Bertz CT molecular complexity index is 151. The quantitative estimate of drug-likeness (QED) is 0.487. The molecule has 60 valence electrons. The van der Waals surface area contributed by atoms with E-state index in [2.05, 4.69) is 4.52 Å². The molecule has 0 radical (unpaired) electrons. The number of hydrogen-bond acceptors (Lipinski definition) is 2. The second-order valence-electron chi connectivity index (χ2n) is 1.47. The van der Waals surface area contributed by atoms with Crippen molar-refractivity contribution in [3.63, 3.8) is 0 Å². The van der Waals surface area contributed by atoms with Gasteiger partial charge in [-0.1, -0.05) is 6.08 Å². The zero-order chi connectivity index (χ0) is 8.04. The molecule has 2 N–H and O–H groups in total. The highest BCUT2D eigenvalue weighted by atomic mass is 31.2. The molecule has 0 rings (SSSR count). The van der Waals surface area contributed by atoms with Crippen LogP contribution in [0.25, 0.3) is 0 Å². The van der Waals surface area contributed by atoms with Gasteiger partial charge in [-0.15, -0.1) is 0 Å². The lowest BCUT2D eigenvalue weighted by atomic mass is 10.5. The Kier molecular flexibility index (Phi) is 4.47. The minimum atomic E-state index is -4.36. The van der Waals surface area contributed by atoms with E-state index in [9.17, 15) is 8.96 Å². The van der Waals surface area contributed by atoms with Gasteiger partial charge in [0.15, 0.2) is 0 Å². The van der Waals surface area contributed by atoms with E-state index in [4.69, 9.17) is 9.79 Å². The first-order valence-electron chi connectivity index (χ1n) is 2.51. The highest BCUT2D eigenvalue weighted by Crippen LogP contribution is 2.35. The molecule has 0 saturated heterocycles. The van der Waals surface area contributed by atoms with Crippen LogP contribution in [0.3, 0.4) is 0 Å². The Morgan fingerprint density at radius 1 is 1.60 bits per heavy atom. The molecule has 0 aromatic rings. The molecule has 4 nitrogen and oxygen atoms in total. The minimum Gasteiger partial charge on any atom is -0.303 e. The Morgan fingerprint density at radius 2 is 2.20 bits per heavy atom. The lowest BCUT2D eigenvalue weighted by Gasteiger charge is -2.01. The van der Waals surface area contributed by atoms with E-state index >= 15 is 0 Å². The van der Waals surface area contributed by atoms with Crippen LogP contribution in [0.1, 0.15) is 6.42 Å². The van der Waals surface area contributed by atoms with Gasteiger partial charge in [0.05, 0.1) is 12.9 Å². The molecular formula is C4H8FO4P. The monoisotopic (exact) mass is 170 g/mol. The number of phosphoric acid groups is 1. The van der Waals surface area contributed by atoms with Crippen molar-refractivity contribution < 1.29 is 23.3 Å². The summed E-state index contributed by atoms with van der Waals surface area (Å²) in [5.74, 6) is 0. The van der Waals surface area contributed by atoms with Gasteiger partial charge in [0.25, 0.3) is 0 Å². The van der Waals surface area contributed by atoms with E-state index in [0.717, 1.165) is 6.08 Å². The van der Waals surface area contributed by atoms with E-state index in [-0.39, 0.29) is 13.0 Å². The summed E-state index contributed by atoms with van der Waals surface area (Å²) in [7, 11) is -4.36. The van der Waals surface area contributed by atoms with Crippen molar-refractivity contribution in [2.24, 2.45) is 0 Å². The second kappa shape index (κ2) is 4.57. The molecule has 0 aliphatic rings. The highest BCUT2D eigenvalue weighted by Gasteiger charge is 2.11. The molecule has 10 heavy (non-hydrogen) atoms. The highest BCUT2D eigenvalue weighted by molar-refractivity contribution is 7.46. The van der Waals surface area contributed by atoms with E-state index in [1.54, 1.807) is 0 Å². The summed E-state index contributed by atoms with van der Waals surface area (Å²) in [4.78, 5) is 16.2. The Hall–Kier alpha value is -0.220. The van der Waals surface area contributed by atoms with Gasteiger partial charge in [-0.05, 0) is 6.42 Å². The molecular weight excluding hydrogens is 162 g/mol. The van der Waals surface area contributed by atoms with Gasteiger partial charge in [-0.2, -0.15) is 0 Å². The van der Waals surface area contributed by atoms with Gasteiger partial charge in [0, 0.05) is 0 Å². The first kappa shape index (κ1) is 9.78. The van der Waals surface area contributed by atoms with Crippen LogP contribution in [0, 0.1) is 0 Å². The lowest BCUT2D eigenvalue weighted by molar-refractivity contribution is 0.200. The standard InChI is InChI=1S/C4H8FO4P/c5-3-1-2-4-9-10(6,7)8/h1,3H,2,4H2,(H2,6,7,8). The van der Waals surface area contributed by atoms with Crippen molar-refractivity contribution >= 4 is 7.82 Å². The minimum absolute atomic E-state index is 0.154. The van der Waals surface area contributed by atoms with Crippen LogP contribution in [-0.2, 0) is 9.09 Å². The smallest absolute Gasteiger partial charge is 0.303 e. The summed E-state index contributed by atoms with van der Waals surface area (Å²) >= 11 is 0. The molecule has 6 heteroatoms. The van der Waals surface area contributed by atoms with Crippen LogP contribution in [0.4, 0.5) is 4.39 Å². The van der Waals surface area contributed by atoms with Crippen molar-refractivity contribution in [1.82, 2.24) is 0 Å². The molecule has 0 spiro atoms. The fraction of sp³-hybridized carbons (Fsp3) is 0.500. The van der Waals surface area contributed by atoms with Gasteiger partial charge in [-0.25, -0.2) is 8.96 Å². The van der Waals surface area contributed by atoms with Crippen LogP contribution < -0.4 is 0 Å². The molecule has 0 amide bonds. The maximum atomic E-state index is 11.2. The normalized spacial score (nSPS) is 12.7. The van der Waals surface area contributed by atoms with Crippen LogP contribution in [-0.4, -0.2) is 16.4 Å². The molecule has 0 aromatic carbocycles. The van der Waals surface area contributed by atoms with E-state index in [1.807, 2.05) is 0 Å². The summed E-state index contributed by atoms with van der Waals surface area (Å²) in [6, 6.07) is 0. The van der Waals surface area contributed by atoms with Crippen molar-refractivity contribution in [1.29, 1.82) is 0 Å². The molecule has 0 atom stereocenters. The van der Waals surface area contributed by atoms with Crippen LogP contribution >= 0.6 is 7.82 Å². The molecule has 0 bridgehead atoms. The second-order valence-corrected chi connectivity index (χ2v) is 2.71. The zero-order valence-electron chi connectivity index (χ0n) is 5.11. The van der Waals surface area contributed by atoms with E-state index in [1.165, 1.54) is 0 Å². The molecule has 0 aromatic heterocycles. The Balaban J connectivity index is 3.29. The number of phosphoric ester groups is 1. The summed E-state index contributed by atoms with van der Waals surface area (Å²) in [5.41, 5.74) is 0. The molecule has 0 aliphatic carbocycles. The van der Waals surface area contributed by atoms with Gasteiger partial charge >= 0.3 is 7.82 Å². The van der Waals surface area contributed by atoms with Crippen molar-refractivity contribution in [2.75, 3.05) is 6.61 Å². The van der Waals surface area contributed by atoms with Gasteiger partial charge in [-0.3, -0.25) is 4.52 Å². The number of halogens is 1.